The maximum absolute atomic E-state index is 12.1. The lowest BCUT2D eigenvalue weighted by molar-refractivity contribution is 0.0954. The number of carbonyl (C=O) groups excluding carboxylic acids is 2. The monoisotopic (exact) mass is 397 g/mol. The van der Waals surface area contributed by atoms with Gasteiger partial charge in [0.15, 0.2) is 0 Å². The van der Waals surface area contributed by atoms with E-state index in [1.807, 2.05) is 23.6 Å². The number of anilines is 1. The summed E-state index contributed by atoms with van der Waals surface area (Å²) in [4.78, 5) is 24.8. The highest BCUT2D eigenvalue weighted by molar-refractivity contribution is 7.12. The van der Waals surface area contributed by atoms with Gasteiger partial charge in [-0.1, -0.05) is 29.8 Å². The number of nitrogens with zero attached hydrogens (tertiary/aromatic N) is 1. The van der Waals surface area contributed by atoms with Crippen LogP contribution in [0, 0.1) is 0 Å². The van der Waals surface area contributed by atoms with Crippen LogP contribution >= 0.6 is 22.9 Å². The fourth-order valence-corrected chi connectivity index (χ4v) is 3.01. The molecule has 0 bridgehead atoms. The number of carbonyl (C=O) groups is 2. The Morgan fingerprint density at radius 1 is 0.926 bits per heavy atom. The minimum absolute atomic E-state index is 0.140. The molecule has 5 nitrogen and oxygen atoms in total. The van der Waals surface area contributed by atoms with E-state index in [1.54, 1.807) is 49.4 Å². The van der Waals surface area contributed by atoms with Crippen LogP contribution in [0.15, 0.2) is 71.1 Å². The number of amides is 2. The third-order valence-corrected chi connectivity index (χ3v) is 4.86. The molecule has 136 valence electrons. The molecule has 27 heavy (non-hydrogen) atoms. The van der Waals surface area contributed by atoms with Crippen LogP contribution in [-0.4, -0.2) is 17.5 Å². The number of hydrogen-bond donors (Lipinski definition) is 2. The van der Waals surface area contributed by atoms with Crippen LogP contribution in [0.4, 0.5) is 5.69 Å². The Morgan fingerprint density at radius 2 is 1.59 bits per heavy atom. The van der Waals surface area contributed by atoms with Crippen LogP contribution in [0.5, 0.6) is 0 Å². The molecule has 3 aromatic rings. The Morgan fingerprint density at radius 3 is 2.22 bits per heavy atom. The Hall–Kier alpha value is -2.96. The molecule has 0 saturated heterocycles. The molecule has 0 radical (unpaired) electrons. The first-order chi connectivity index (χ1) is 13.0. The van der Waals surface area contributed by atoms with Gasteiger partial charge in [0.2, 0.25) is 0 Å². The number of nitrogens with one attached hydrogen (secondary N) is 2. The van der Waals surface area contributed by atoms with Gasteiger partial charge < -0.3 is 5.32 Å². The molecule has 0 fully saturated rings. The van der Waals surface area contributed by atoms with Crippen molar-refractivity contribution in [1.29, 1.82) is 0 Å². The summed E-state index contributed by atoms with van der Waals surface area (Å²) >= 11 is 7.20. The van der Waals surface area contributed by atoms with Gasteiger partial charge >= 0.3 is 0 Å². The van der Waals surface area contributed by atoms with E-state index < -0.39 is 0 Å². The van der Waals surface area contributed by atoms with Crippen molar-refractivity contribution in [2.24, 2.45) is 5.10 Å². The summed E-state index contributed by atoms with van der Waals surface area (Å²) < 4.78 is 0. The Labute approximate surface area is 165 Å². The summed E-state index contributed by atoms with van der Waals surface area (Å²) in [6.45, 7) is 1.79. The van der Waals surface area contributed by atoms with Crippen LogP contribution in [0.3, 0.4) is 0 Å². The van der Waals surface area contributed by atoms with Crippen molar-refractivity contribution in [3.63, 3.8) is 0 Å². The lowest BCUT2D eigenvalue weighted by atomic mass is 10.1. The van der Waals surface area contributed by atoms with E-state index in [0.717, 1.165) is 5.56 Å². The van der Waals surface area contributed by atoms with Gasteiger partial charge in [0.1, 0.15) is 0 Å². The molecular weight excluding hydrogens is 382 g/mol. The molecule has 2 amide bonds. The van der Waals surface area contributed by atoms with Crippen molar-refractivity contribution in [1.82, 2.24) is 5.43 Å². The number of benzene rings is 2. The highest BCUT2D eigenvalue weighted by Crippen LogP contribution is 2.15. The van der Waals surface area contributed by atoms with E-state index >= 15 is 0 Å². The smallest absolute Gasteiger partial charge is 0.271 e. The lowest BCUT2D eigenvalue weighted by Gasteiger charge is -2.06. The molecule has 0 aliphatic carbocycles. The largest absolute Gasteiger partial charge is 0.321 e. The number of hydrazone groups is 1. The molecule has 0 aliphatic rings. The van der Waals surface area contributed by atoms with Crippen molar-refractivity contribution in [3.8, 4) is 0 Å². The standard InChI is InChI=1S/C20H16ClN3O2S/c1-13(23-24-19(25)15-4-8-16(21)9-5-15)14-6-10-17(11-7-14)22-20(26)18-3-2-12-27-18/h2-12H,1H3,(H,22,26)(H,24,25)/b23-13+. The molecule has 3 rings (SSSR count). The van der Waals surface area contributed by atoms with E-state index in [-0.39, 0.29) is 11.8 Å². The Bertz CT molecular complexity index is 965. The van der Waals surface area contributed by atoms with Crippen LogP contribution in [0.2, 0.25) is 5.02 Å². The maximum Gasteiger partial charge on any atom is 0.271 e. The summed E-state index contributed by atoms with van der Waals surface area (Å²) in [5.41, 5.74) is 5.16. The van der Waals surface area contributed by atoms with Crippen LogP contribution < -0.4 is 10.7 Å². The fourth-order valence-electron chi connectivity index (χ4n) is 2.26. The predicted molar refractivity (Wildman–Crippen MR) is 110 cm³/mol. The van der Waals surface area contributed by atoms with Crippen LogP contribution in [-0.2, 0) is 0 Å². The molecule has 1 heterocycles. The maximum atomic E-state index is 12.1. The molecule has 0 unspecified atom stereocenters. The Kier molecular flexibility index (Phi) is 6.01. The van der Waals surface area contributed by atoms with Gasteiger partial charge in [0.05, 0.1) is 10.6 Å². The fraction of sp³-hybridized carbons (Fsp3) is 0.0500. The topological polar surface area (TPSA) is 70.6 Å². The minimum Gasteiger partial charge on any atom is -0.321 e. The first kappa shape index (κ1) is 18.8. The number of halogens is 1. The zero-order valence-corrected chi connectivity index (χ0v) is 16.0. The zero-order valence-electron chi connectivity index (χ0n) is 14.4. The minimum atomic E-state index is -0.314. The quantitative estimate of drug-likeness (QED) is 0.479. The van der Waals surface area contributed by atoms with Gasteiger partial charge in [0.25, 0.3) is 11.8 Å². The van der Waals surface area contributed by atoms with Crippen molar-refractivity contribution in [3.05, 3.63) is 87.1 Å². The average Bonchev–Trinajstić information content (AvgIpc) is 3.22. The third-order valence-electron chi connectivity index (χ3n) is 3.74. The molecule has 0 spiro atoms. The van der Waals surface area contributed by atoms with E-state index in [4.69, 9.17) is 11.6 Å². The van der Waals surface area contributed by atoms with Crippen LogP contribution in [0.25, 0.3) is 0 Å². The van der Waals surface area contributed by atoms with E-state index in [2.05, 4.69) is 15.8 Å². The van der Waals surface area contributed by atoms with Gasteiger partial charge in [-0.15, -0.1) is 11.3 Å². The third kappa shape index (κ3) is 5.03. The second-order valence-electron chi connectivity index (χ2n) is 5.65. The summed E-state index contributed by atoms with van der Waals surface area (Å²) in [5, 5.41) is 9.39. The SMILES string of the molecule is C/C(=N\NC(=O)c1ccc(Cl)cc1)c1ccc(NC(=O)c2cccs2)cc1. The van der Waals surface area contributed by atoms with Gasteiger partial charge in [-0.2, -0.15) is 5.10 Å². The molecule has 0 aliphatic heterocycles. The van der Waals surface area contributed by atoms with Crippen molar-refractivity contribution < 1.29 is 9.59 Å². The first-order valence-corrected chi connectivity index (χ1v) is 9.34. The summed E-state index contributed by atoms with van der Waals surface area (Å²) in [6, 6.07) is 17.4. The van der Waals surface area contributed by atoms with Crippen molar-refractivity contribution >= 4 is 46.2 Å². The summed E-state index contributed by atoms with van der Waals surface area (Å²) in [7, 11) is 0. The number of hydrogen-bond acceptors (Lipinski definition) is 4. The van der Waals surface area contributed by atoms with E-state index in [0.29, 0.717) is 26.9 Å². The average molecular weight is 398 g/mol. The molecule has 2 aromatic carbocycles. The molecule has 7 heteroatoms. The highest BCUT2D eigenvalue weighted by atomic mass is 35.5. The lowest BCUT2D eigenvalue weighted by Crippen LogP contribution is -2.19. The first-order valence-electron chi connectivity index (χ1n) is 8.08. The predicted octanol–water partition coefficient (Wildman–Crippen LogP) is 4.81. The molecular formula is C20H16ClN3O2S. The van der Waals surface area contributed by atoms with Gasteiger partial charge in [-0.3, -0.25) is 9.59 Å². The molecule has 0 atom stereocenters. The number of rotatable bonds is 5. The summed E-state index contributed by atoms with van der Waals surface area (Å²) in [6.07, 6.45) is 0. The van der Waals surface area contributed by atoms with Crippen molar-refractivity contribution in [2.45, 2.75) is 6.92 Å². The van der Waals surface area contributed by atoms with Gasteiger partial charge in [-0.25, -0.2) is 5.43 Å². The van der Waals surface area contributed by atoms with E-state index in [1.165, 1.54) is 11.3 Å². The highest BCUT2D eigenvalue weighted by Gasteiger charge is 2.08. The number of thiophene rings is 1. The van der Waals surface area contributed by atoms with Gasteiger partial charge in [-0.05, 0) is 60.3 Å². The second kappa shape index (κ2) is 8.62. The van der Waals surface area contributed by atoms with Crippen LogP contribution in [0.1, 0.15) is 32.5 Å². The molecule has 2 N–H and O–H groups in total. The van der Waals surface area contributed by atoms with Crippen molar-refractivity contribution in [2.75, 3.05) is 5.32 Å². The second-order valence-corrected chi connectivity index (χ2v) is 7.04. The Balaban J connectivity index is 1.62. The normalized spacial score (nSPS) is 11.1. The van der Waals surface area contributed by atoms with E-state index in [9.17, 15) is 9.59 Å². The van der Waals surface area contributed by atoms with Gasteiger partial charge in [0, 0.05) is 16.3 Å². The molecule has 1 aromatic heterocycles. The zero-order chi connectivity index (χ0) is 19.2. The summed E-state index contributed by atoms with van der Waals surface area (Å²) in [5.74, 6) is -0.454. The molecule has 0 saturated carbocycles.